The first kappa shape index (κ1) is 16.0. The maximum Gasteiger partial charge on any atom is 0.225 e. The quantitative estimate of drug-likeness (QED) is 0.876. The Morgan fingerprint density at radius 3 is 2.57 bits per heavy atom. The Morgan fingerprint density at radius 1 is 1.38 bits per heavy atom. The number of rotatable bonds is 5. The highest BCUT2D eigenvalue weighted by atomic mass is 16.2. The predicted octanol–water partition coefficient (Wildman–Crippen LogP) is 2.73. The molecule has 0 bridgehead atoms. The number of hydrogen-bond donors (Lipinski definition) is 2. The minimum Gasteiger partial charge on any atom is -0.352 e. The van der Waals surface area contributed by atoms with Crippen molar-refractivity contribution < 1.29 is 4.79 Å². The molecule has 2 rings (SSSR count). The van der Waals surface area contributed by atoms with E-state index in [0.717, 1.165) is 24.1 Å². The van der Waals surface area contributed by atoms with Gasteiger partial charge >= 0.3 is 0 Å². The van der Waals surface area contributed by atoms with Crippen molar-refractivity contribution in [1.82, 2.24) is 15.6 Å². The maximum absolute atomic E-state index is 11.9. The Kier molecular flexibility index (Phi) is 4.38. The molecule has 4 nitrogen and oxygen atoms in total. The van der Waals surface area contributed by atoms with Gasteiger partial charge in [-0.25, -0.2) is 0 Å². The van der Waals surface area contributed by atoms with Gasteiger partial charge in [0.25, 0.3) is 0 Å². The maximum atomic E-state index is 11.9. The molecule has 1 aromatic heterocycles. The lowest BCUT2D eigenvalue weighted by molar-refractivity contribution is -0.128. The zero-order valence-corrected chi connectivity index (χ0v) is 13.8. The van der Waals surface area contributed by atoms with Gasteiger partial charge in [-0.05, 0) is 44.4 Å². The summed E-state index contributed by atoms with van der Waals surface area (Å²) < 4.78 is 0. The molecule has 1 aliphatic carbocycles. The summed E-state index contributed by atoms with van der Waals surface area (Å²) in [6, 6.07) is 4.53. The number of nitrogens with zero attached hydrogens (tertiary/aromatic N) is 1. The monoisotopic (exact) mass is 289 g/mol. The van der Waals surface area contributed by atoms with E-state index in [0.29, 0.717) is 12.6 Å². The third-order valence-electron chi connectivity index (χ3n) is 3.76. The molecule has 21 heavy (non-hydrogen) atoms. The van der Waals surface area contributed by atoms with E-state index in [2.05, 4.69) is 35.5 Å². The van der Waals surface area contributed by atoms with Crippen LogP contribution in [0.1, 0.15) is 58.7 Å². The number of carbonyl (C=O) groups excluding carboxylic acids is 1. The first-order chi connectivity index (χ1) is 9.73. The topological polar surface area (TPSA) is 54.0 Å². The number of carbonyl (C=O) groups is 1. The van der Waals surface area contributed by atoms with Crippen LogP contribution in [0.5, 0.6) is 0 Å². The molecule has 0 aromatic carbocycles. The van der Waals surface area contributed by atoms with Crippen molar-refractivity contribution in [2.45, 2.75) is 65.6 Å². The highest BCUT2D eigenvalue weighted by Crippen LogP contribution is 2.45. The summed E-state index contributed by atoms with van der Waals surface area (Å²) in [6.45, 7) is 10.6. The standard InChI is InChI=1S/C17H27N3O/c1-12(2)20-17(7-8-17)14-10-13(6-9-18-14)11-19-15(21)16(3,4)5/h6,9-10,12,20H,7-8,11H2,1-5H3,(H,19,21). The van der Waals surface area contributed by atoms with Crippen LogP contribution in [-0.2, 0) is 16.9 Å². The first-order valence-electron chi connectivity index (χ1n) is 7.74. The van der Waals surface area contributed by atoms with E-state index in [1.807, 2.05) is 33.0 Å². The Balaban J connectivity index is 2.04. The van der Waals surface area contributed by atoms with Gasteiger partial charge in [-0.2, -0.15) is 0 Å². The van der Waals surface area contributed by atoms with Crippen LogP contribution in [0.3, 0.4) is 0 Å². The van der Waals surface area contributed by atoms with Gasteiger partial charge in [-0.15, -0.1) is 0 Å². The van der Waals surface area contributed by atoms with E-state index in [4.69, 9.17) is 0 Å². The van der Waals surface area contributed by atoms with Crippen molar-refractivity contribution in [3.05, 3.63) is 29.6 Å². The summed E-state index contributed by atoms with van der Waals surface area (Å²) in [4.78, 5) is 16.5. The minimum absolute atomic E-state index is 0.0538. The summed E-state index contributed by atoms with van der Waals surface area (Å²) in [6.07, 6.45) is 4.11. The van der Waals surface area contributed by atoms with Gasteiger partial charge in [-0.1, -0.05) is 20.8 Å². The molecule has 0 saturated heterocycles. The molecule has 1 aromatic rings. The van der Waals surface area contributed by atoms with Gasteiger partial charge in [0.05, 0.1) is 11.2 Å². The molecule has 0 spiro atoms. The van der Waals surface area contributed by atoms with Crippen molar-refractivity contribution in [2.75, 3.05) is 0 Å². The van der Waals surface area contributed by atoms with E-state index >= 15 is 0 Å². The van der Waals surface area contributed by atoms with Crippen LogP contribution in [0.4, 0.5) is 0 Å². The summed E-state index contributed by atoms with van der Waals surface area (Å²) in [5.41, 5.74) is 1.90. The first-order valence-corrected chi connectivity index (χ1v) is 7.74. The van der Waals surface area contributed by atoms with Crippen molar-refractivity contribution in [3.8, 4) is 0 Å². The summed E-state index contributed by atoms with van der Waals surface area (Å²) in [5.74, 6) is 0.0716. The molecule has 0 atom stereocenters. The normalized spacial score (nSPS) is 16.9. The summed E-state index contributed by atoms with van der Waals surface area (Å²) in [7, 11) is 0. The van der Waals surface area contributed by atoms with Crippen LogP contribution >= 0.6 is 0 Å². The van der Waals surface area contributed by atoms with Crippen molar-refractivity contribution >= 4 is 5.91 Å². The van der Waals surface area contributed by atoms with Crippen LogP contribution in [0, 0.1) is 5.41 Å². The number of pyridine rings is 1. The third kappa shape index (κ3) is 4.03. The molecule has 1 saturated carbocycles. The third-order valence-corrected chi connectivity index (χ3v) is 3.76. The van der Waals surface area contributed by atoms with Crippen LogP contribution in [-0.4, -0.2) is 16.9 Å². The Hall–Kier alpha value is -1.42. The van der Waals surface area contributed by atoms with Crippen molar-refractivity contribution in [2.24, 2.45) is 5.41 Å². The molecule has 1 amide bonds. The van der Waals surface area contributed by atoms with E-state index in [1.54, 1.807) is 0 Å². The largest absolute Gasteiger partial charge is 0.352 e. The minimum atomic E-state index is -0.354. The Morgan fingerprint density at radius 2 is 2.05 bits per heavy atom. The fourth-order valence-electron chi connectivity index (χ4n) is 2.45. The highest BCUT2D eigenvalue weighted by molar-refractivity contribution is 5.81. The second kappa shape index (κ2) is 5.76. The molecule has 1 heterocycles. The van der Waals surface area contributed by atoms with E-state index in [9.17, 15) is 4.79 Å². The molecule has 116 valence electrons. The molecule has 4 heteroatoms. The highest BCUT2D eigenvalue weighted by Gasteiger charge is 2.45. The van der Waals surface area contributed by atoms with Gasteiger partial charge in [0.1, 0.15) is 0 Å². The van der Waals surface area contributed by atoms with Crippen LogP contribution < -0.4 is 10.6 Å². The van der Waals surface area contributed by atoms with Gasteiger partial charge < -0.3 is 10.6 Å². The number of amides is 1. The smallest absolute Gasteiger partial charge is 0.225 e. The molecule has 2 N–H and O–H groups in total. The van der Waals surface area contributed by atoms with Crippen LogP contribution in [0.15, 0.2) is 18.3 Å². The molecule has 1 aliphatic rings. The molecular weight excluding hydrogens is 262 g/mol. The molecular formula is C17H27N3O. The fourth-order valence-corrected chi connectivity index (χ4v) is 2.45. The van der Waals surface area contributed by atoms with Crippen molar-refractivity contribution in [3.63, 3.8) is 0 Å². The second-order valence-electron chi connectivity index (χ2n) is 7.36. The number of nitrogens with one attached hydrogen (secondary N) is 2. The zero-order chi connectivity index (χ0) is 15.7. The van der Waals surface area contributed by atoms with Gasteiger partial charge in [-0.3, -0.25) is 9.78 Å². The lowest BCUT2D eigenvalue weighted by atomic mass is 9.95. The zero-order valence-electron chi connectivity index (χ0n) is 13.8. The van der Waals surface area contributed by atoms with Gasteiger partial charge in [0.2, 0.25) is 5.91 Å². The Labute approximate surface area is 127 Å². The number of hydrogen-bond acceptors (Lipinski definition) is 3. The second-order valence-corrected chi connectivity index (χ2v) is 7.36. The van der Waals surface area contributed by atoms with Crippen LogP contribution in [0.25, 0.3) is 0 Å². The van der Waals surface area contributed by atoms with Gasteiger partial charge in [0, 0.05) is 24.2 Å². The number of aromatic nitrogens is 1. The van der Waals surface area contributed by atoms with E-state index in [1.165, 1.54) is 0 Å². The fraction of sp³-hybridized carbons (Fsp3) is 0.647. The average molecular weight is 289 g/mol. The lowest BCUT2D eigenvalue weighted by Crippen LogP contribution is -2.36. The lowest BCUT2D eigenvalue weighted by Gasteiger charge is -2.21. The average Bonchev–Trinajstić information content (AvgIpc) is 3.15. The SMILES string of the molecule is CC(C)NC1(c2cc(CNC(=O)C(C)(C)C)ccn2)CC1. The molecule has 0 aliphatic heterocycles. The molecule has 1 fully saturated rings. The summed E-state index contributed by atoms with van der Waals surface area (Å²) in [5, 5.41) is 6.60. The Bertz CT molecular complexity index is 513. The van der Waals surface area contributed by atoms with Crippen molar-refractivity contribution in [1.29, 1.82) is 0 Å². The molecule has 0 radical (unpaired) electrons. The van der Waals surface area contributed by atoms with Crippen LogP contribution in [0.2, 0.25) is 0 Å². The van der Waals surface area contributed by atoms with E-state index < -0.39 is 0 Å². The predicted molar refractivity (Wildman–Crippen MR) is 84.7 cm³/mol. The van der Waals surface area contributed by atoms with E-state index in [-0.39, 0.29) is 16.9 Å². The van der Waals surface area contributed by atoms with Gasteiger partial charge in [0.15, 0.2) is 0 Å². The summed E-state index contributed by atoms with van der Waals surface area (Å²) >= 11 is 0. The molecule has 0 unspecified atom stereocenters.